The smallest absolute Gasteiger partial charge is 0.254 e. The number of rotatable bonds is 3. The molecule has 0 bridgehead atoms. The molecule has 3 rings (SSSR count). The lowest BCUT2D eigenvalue weighted by molar-refractivity contribution is 0.0718. The molecular weight excluding hydrogens is 340 g/mol. The van der Waals surface area contributed by atoms with Crippen LogP contribution in [0.15, 0.2) is 42.5 Å². The zero-order valence-electron chi connectivity index (χ0n) is 16.2. The number of benzene rings is 2. The minimum absolute atomic E-state index is 0.0206. The molecule has 5 nitrogen and oxygen atoms in total. The van der Waals surface area contributed by atoms with Crippen molar-refractivity contribution in [1.82, 2.24) is 9.80 Å². The maximum Gasteiger partial charge on any atom is 0.254 e. The van der Waals surface area contributed by atoms with Gasteiger partial charge < -0.3 is 14.5 Å². The molecule has 5 heteroatoms. The van der Waals surface area contributed by atoms with Crippen LogP contribution in [0.4, 0.5) is 0 Å². The molecule has 2 aromatic rings. The summed E-state index contributed by atoms with van der Waals surface area (Å²) in [5.74, 6) is 0.841. The predicted molar refractivity (Wildman–Crippen MR) is 105 cm³/mol. The summed E-state index contributed by atoms with van der Waals surface area (Å²) in [7, 11) is 1.64. The average molecular weight is 366 g/mol. The second kappa shape index (κ2) is 8.25. The lowest BCUT2D eigenvalue weighted by Gasteiger charge is -2.23. The Morgan fingerprint density at radius 2 is 1.44 bits per heavy atom. The molecule has 0 N–H and O–H groups in total. The van der Waals surface area contributed by atoms with Gasteiger partial charge in [0.2, 0.25) is 0 Å². The standard InChI is InChI=1S/C22H26N2O3/c1-16-17(2)20(27-3)11-10-19(16)22(26)24-13-7-12-23(14-15-24)21(25)18-8-5-4-6-9-18/h4-6,8-11H,7,12-15H2,1-3H3. The number of amides is 2. The maximum absolute atomic E-state index is 13.1. The molecule has 0 aromatic heterocycles. The molecule has 0 radical (unpaired) electrons. The van der Waals surface area contributed by atoms with Crippen LogP contribution in [0.3, 0.4) is 0 Å². The van der Waals surface area contributed by atoms with E-state index in [-0.39, 0.29) is 11.8 Å². The summed E-state index contributed by atoms with van der Waals surface area (Å²) >= 11 is 0. The van der Waals surface area contributed by atoms with Crippen LogP contribution in [-0.2, 0) is 0 Å². The third kappa shape index (κ3) is 3.97. The van der Waals surface area contributed by atoms with Gasteiger partial charge in [0.25, 0.3) is 11.8 Å². The molecule has 1 fully saturated rings. The highest BCUT2D eigenvalue weighted by molar-refractivity contribution is 5.97. The van der Waals surface area contributed by atoms with E-state index in [2.05, 4.69) is 0 Å². The number of hydrogen-bond acceptors (Lipinski definition) is 3. The first-order valence-corrected chi connectivity index (χ1v) is 9.30. The normalized spacial score (nSPS) is 14.6. The monoisotopic (exact) mass is 366 g/mol. The van der Waals surface area contributed by atoms with Gasteiger partial charge in [-0.2, -0.15) is 0 Å². The molecule has 2 amide bonds. The van der Waals surface area contributed by atoms with E-state index in [9.17, 15) is 9.59 Å². The quantitative estimate of drug-likeness (QED) is 0.837. The van der Waals surface area contributed by atoms with Crippen molar-refractivity contribution in [1.29, 1.82) is 0 Å². The summed E-state index contributed by atoms with van der Waals surface area (Å²) in [5.41, 5.74) is 3.33. The second-order valence-corrected chi connectivity index (χ2v) is 6.87. The first-order chi connectivity index (χ1) is 13.0. The minimum Gasteiger partial charge on any atom is -0.496 e. The van der Waals surface area contributed by atoms with Crippen LogP contribution in [0.1, 0.15) is 38.3 Å². The van der Waals surface area contributed by atoms with Crippen molar-refractivity contribution in [2.45, 2.75) is 20.3 Å². The van der Waals surface area contributed by atoms with Gasteiger partial charge >= 0.3 is 0 Å². The van der Waals surface area contributed by atoms with Gasteiger partial charge in [-0.1, -0.05) is 18.2 Å². The van der Waals surface area contributed by atoms with Gasteiger partial charge in [0.1, 0.15) is 5.75 Å². The third-order valence-corrected chi connectivity index (χ3v) is 5.28. The van der Waals surface area contributed by atoms with E-state index in [0.29, 0.717) is 37.3 Å². The van der Waals surface area contributed by atoms with Gasteiger partial charge in [-0.05, 0) is 55.7 Å². The van der Waals surface area contributed by atoms with Crippen LogP contribution in [0.5, 0.6) is 5.75 Å². The fraction of sp³-hybridized carbons (Fsp3) is 0.364. The molecule has 1 aliphatic heterocycles. The van der Waals surface area contributed by atoms with Crippen molar-refractivity contribution in [3.8, 4) is 5.75 Å². The largest absolute Gasteiger partial charge is 0.496 e. The minimum atomic E-state index is 0.0206. The number of carbonyl (C=O) groups excluding carboxylic acids is 2. The SMILES string of the molecule is COc1ccc(C(=O)N2CCCN(C(=O)c3ccccc3)CC2)c(C)c1C. The molecule has 1 aliphatic rings. The molecule has 0 atom stereocenters. The maximum atomic E-state index is 13.1. The summed E-state index contributed by atoms with van der Waals surface area (Å²) in [4.78, 5) is 29.4. The summed E-state index contributed by atoms with van der Waals surface area (Å²) in [6.45, 7) is 6.33. The van der Waals surface area contributed by atoms with Crippen molar-refractivity contribution in [2.24, 2.45) is 0 Å². The topological polar surface area (TPSA) is 49.9 Å². The highest BCUT2D eigenvalue weighted by atomic mass is 16.5. The Labute approximate surface area is 160 Å². The first kappa shape index (κ1) is 19.0. The molecular formula is C22H26N2O3. The first-order valence-electron chi connectivity index (χ1n) is 9.30. The van der Waals surface area contributed by atoms with Gasteiger partial charge in [-0.25, -0.2) is 0 Å². The molecule has 0 saturated carbocycles. The van der Waals surface area contributed by atoms with Crippen molar-refractivity contribution < 1.29 is 14.3 Å². The summed E-state index contributed by atoms with van der Waals surface area (Å²) in [6, 6.07) is 13.0. The van der Waals surface area contributed by atoms with Gasteiger partial charge in [0.15, 0.2) is 0 Å². The molecule has 27 heavy (non-hydrogen) atoms. The Hall–Kier alpha value is -2.82. The summed E-state index contributed by atoms with van der Waals surface area (Å²) < 4.78 is 5.34. The van der Waals surface area contributed by atoms with E-state index in [1.165, 1.54) is 0 Å². The number of ether oxygens (including phenoxy) is 1. The van der Waals surface area contributed by atoms with Crippen molar-refractivity contribution in [2.75, 3.05) is 33.3 Å². The predicted octanol–water partition coefficient (Wildman–Crippen LogP) is 3.30. The van der Waals surface area contributed by atoms with Crippen LogP contribution in [0.25, 0.3) is 0 Å². The van der Waals surface area contributed by atoms with Gasteiger partial charge in [-0.15, -0.1) is 0 Å². The summed E-state index contributed by atoms with van der Waals surface area (Å²) in [5, 5.41) is 0. The fourth-order valence-corrected chi connectivity index (χ4v) is 3.51. The van der Waals surface area contributed by atoms with Crippen LogP contribution >= 0.6 is 0 Å². The molecule has 142 valence electrons. The molecule has 1 heterocycles. The summed E-state index contributed by atoms with van der Waals surface area (Å²) in [6.07, 6.45) is 0.776. The lowest BCUT2D eigenvalue weighted by atomic mass is 10.0. The Balaban J connectivity index is 1.72. The Morgan fingerprint density at radius 1 is 0.815 bits per heavy atom. The van der Waals surface area contributed by atoms with Crippen molar-refractivity contribution >= 4 is 11.8 Å². The molecule has 0 aliphatic carbocycles. The Kier molecular flexibility index (Phi) is 5.79. The van der Waals surface area contributed by atoms with Crippen LogP contribution in [0.2, 0.25) is 0 Å². The fourth-order valence-electron chi connectivity index (χ4n) is 3.51. The van der Waals surface area contributed by atoms with E-state index in [4.69, 9.17) is 4.74 Å². The average Bonchev–Trinajstić information content (AvgIpc) is 2.96. The van der Waals surface area contributed by atoms with Crippen LogP contribution in [0, 0.1) is 13.8 Å². The van der Waals surface area contributed by atoms with Gasteiger partial charge in [-0.3, -0.25) is 9.59 Å². The molecule has 1 saturated heterocycles. The van der Waals surface area contributed by atoms with E-state index >= 15 is 0 Å². The number of hydrogen-bond donors (Lipinski definition) is 0. The Morgan fingerprint density at radius 3 is 2.07 bits per heavy atom. The number of carbonyl (C=O) groups is 2. The zero-order chi connectivity index (χ0) is 19.4. The molecule has 0 unspecified atom stereocenters. The van der Waals surface area contributed by atoms with Crippen LogP contribution < -0.4 is 4.74 Å². The highest BCUT2D eigenvalue weighted by Gasteiger charge is 2.25. The van der Waals surface area contributed by atoms with E-state index < -0.39 is 0 Å². The number of nitrogens with zero attached hydrogens (tertiary/aromatic N) is 2. The van der Waals surface area contributed by atoms with Gasteiger partial charge in [0.05, 0.1) is 7.11 Å². The third-order valence-electron chi connectivity index (χ3n) is 5.28. The van der Waals surface area contributed by atoms with Crippen LogP contribution in [-0.4, -0.2) is 54.9 Å². The van der Waals surface area contributed by atoms with Crippen molar-refractivity contribution in [3.63, 3.8) is 0 Å². The van der Waals surface area contributed by atoms with E-state index in [1.807, 2.05) is 66.1 Å². The highest BCUT2D eigenvalue weighted by Crippen LogP contribution is 2.25. The van der Waals surface area contributed by atoms with Crippen molar-refractivity contribution in [3.05, 3.63) is 64.7 Å². The molecule has 0 spiro atoms. The second-order valence-electron chi connectivity index (χ2n) is 6.87. The molecule has 2 aromatic carbocycles. The lowest BCUT2D eigenvalue weighted by Crippen LogP contribution is -2.37. The Bertz CT molecular complexity index is 833. The van der Waals surface area contributed by atoms with E-state index in [0.717, 1.165) is 23.3 Å². The van der Waals surface area contributed by atoms with Gasteiger partial charge in [0, 0.05) is 37.3 Å². The van der Waals surface area contributed by atoms with E-state index in [1.54, 1.807) is 7.11 Å². The zero-order valence-corrected chi connectivity index (χ0v) is 16.2. The number of methoxy groups -OCH3 is 1.